The highest BCUT2D eigenvalue weighted by Gasteiger charge is 2.01. The second-order valence-corrected chi connectivity index (χ2v) is 5.14. The molecule has 0 aliphatic heterocycles. The number of halogens is 1. The van der Waals surface area contributed by atoms with Crippen LogP contribution in [-0.4, -0.2) is 4.98 Å². The summed E-state index contributed by atoms with van der Waals surface area (Å²) in [5.41, 5.74) is 4.55. The first-order chi connectivity index (χ1) is 9.22. The van der Waals surface area contributed by atoms with Gasteiger partial charge in [-0.05, 0) is 53.8 Å². The number of hydrogen-bond acceptors (Lipinski definition) is 1. The SMILES string of the molecule is Cc1ccc(NCc2ccc3[nH]ccc3c2)c(Cl)c1. The maximum Gasteiger partial charge on any atom is 0.0640 e. The number of benzene rings is 2. The van der Waals surface area contributed by atoms with Gasteiger partial charge in [0.2, 0.25) is 0 Å². The third-order valence-corrected chi connectivity index (χ3v) is 3.54. The van der Waals surface area contributed by atoms with Crippen molar-refractivity contribution in [3.63, 3.8) is 0 Å². The van der Waals surface area contributed by atoms with Crippen LogP contribution in [0, 0.1) is 6.92 Å². The monoisotopic (exact) mass is 270 g/mol. The molecular formula is C16H15ClN2. The Hall–Kier alpha value is -1.93. The van der Waals surface area contributed by atoms with E-state index < -0.39 is 0 Å². The minimum Gasteiger partial charge on any atom is -0.380 e. The highest BCUT2D eigenvalue weighted by molar-refractivity contribution is 6.33. The smallest absolute Gasteiger partial charge is 0.0640 e. The first kappa shape index (κ1) is 12.1. The van der Waals surface area contributed by atoms with Crippen molar-refractivity contribution in [1.29, 1.82) is 0 Å². The van der Waals surface area contributed by atoms with E-state index >= 15 is 0 Å². The van der Waals surface area contributed by atoms with Gasteiger partial charge in [-0.1, -0.05) is 23.7 Å². The number of fused-ring (bicyclic) bond motifs is 1. The lowest BCUT2D eigenvalue weighted by Crippen LogP contribution is -1.99. The third kappa shape index (κ3) is 2.59. The zero-order valence-corrected chi connectivity index (χ0v) is 11.5. The van der Waals surface area contributed by atoms with Crippen LogP contribution in [-0.2, 0) is 6.54 Å². The first-order valence-corrected chi connectivity index (χ1v) is 6.66. The summed E-state index contributed by atoms with van der Waals surface area (Å²) < 4.78 is 0. The van der Waals surface area contributed by atoms with E-state index in [4.69, 9.17) is 11.6 Å². The van der Waals surface area contributed by atoms with Gasteiger partial charge in [0, 0.05) is 18.3 Å². The lowest BCUT2D eigenvalue weighted by atomic mass is 10.1. The van der Waals surface area contributed by atoms with Crippen LogP contribution in [0.25, 0.3) is 10.9 Å². The summed E-state index contributed by atoms with van der Waals surface area (Å²) in [5, 5.41) is 5.37. The number of aromatic amines is 1. The van der Waals surface area contributed by atoms with Crippen LogP contribution in [0.3, 0.4) is 0 Å². The summed E-state index contributed by atoms with van der Waals surface area (Å²) >= 11 is 6.21. The fourth-order valence-electron chi connectivity index (χ4n) is 2.17. The lowest BCUT2D eigenvalue weighted by Gasteiger charge is -2.09. The molecule has 0 aliphatic carbocycles. The van der Waals surface area contributed by atoms with Crippen molar-refractivity contribution < 1.29 is 0 Å². The van der Waals surface area contributed by atoms with Crippen molar-refractivity contribution in [3.8, 4) is 0 Å². The topological polar surface area (TPSA) is 27.8 Å². The molecule has 3 aromatic rings. The van der Waals surface area contributed by atoms with E-state index in [-0.39, 0.29) is 0 Å². The van der Waals surface area contributed by atoms with Crippen molar-refractivity contribution in [3.05, 3.63) is 64.8 Å². The van der Waals surface area contributed by atoms with Crippen LogP contribution in [0.15, 0.2) is 48.7 Å². The normalized spacial score (nSPS) is 10.8. The zero-order valence-electron chi connectivity index (χ0n) is 10.7. The molecule has 0 amide bonds. The van der Waals surface area contributed by atoms with Gasteiger partial charge in [-0.2, -0.15) is 0 Å². The molecule has 1 heterocycles. The van der Waals surface area contributed by atoms with E-state index in [0.717, 1.165) is 22.8 Å². The fraction of sp³-hybridized carbons (Fsp3) is 0.125. The number of aromatic nitrogens is 1. The molecule has 2 N–H and O–H groups in total. The van der Waals surface area contributed by atoms with E-state index in [0.29, 0.717) is 0 Å². The molecule has 96 valence electrons. The average Bonchev–Trinajstić information content (AvgIpc) is 2.85. The molecule has 19 heavy (non-hydrogen) atoms. The summed E-state index contributed by atoms with van der Waals surface area (Å²) in [5.74, 6) is 0. The van der Waals surface area contributed by atoms with Crippen molar-refractivity contribution in [2.24, 2.45) is 0 Å². The predicted octanol–water partition coefficient (Wildman–Crippen LogP) is 4.74. The van der Waals surface area contributed by atoms with Gasteiger partial charge in [0.25, 0.3) is 0 Å². The van der Waals surface area contributed by atoms with Gasteiger partial charge in [0.05, 0.1) is 10.7 Å². The Kier molecular flexibility index (Phi) is 3.18. The minimum absolute atomic E-state index is 0.766. The number of rotatable bonds is 3. The van der Waals surface area contributed by atoms with Crippen LogP contribution in [0.2, 0.25) is 5.02 Å². The van der Waals surface area contributed by atoms with Crippen molar-refractivity contribution in [2.75, 3.05) is 5.32 Å². The molecule has 0 saturated carbocycles. The largest absolute Gasteiger partial charge is 0.380 e. The van der Waals surface area contributed by atoms with E-state index in [1.165, 1.54) is 16.5 Å². The van der Waals surface area contributed by atoms with Crippen molar-refractivity contribution >= 4 is 28.2 Å². The molecule has 0 saturated heterocycles. The molecule has 0 unspecified atom stereocenters. The molecule has 2 aromatic carbocycles. The molecule has 3 rings (SSSR count). The molecule has 1 aromatic heterocycles. The molecular weight excluding hydrogens is 256 g/mol. The summed E-state index contributed by atoms with van der Waals surface area (Å²) in [6.07, 6.45) is 1.96. The van der Waals surface area contributed by atoms with Gasteiger partial charge in [-0.3, -0.25) is 0 Å². The summed E-state index contributed by atoms with van der Waals surface area (Å²) in [6, 6.07) is 14.5. The number of nitrogens with one attached hydrogen (secondary N) is 2. The maximum atomic E-state index is 6.21. The van der Waals surface area contributed by atoms with E-state index in [2.05, 4.69) is 40.6 Å². The summed E-state index contributed by atoms with van der Waals surface area (Å²) in [4.78, 5) is 3.19. The molecule has 0 atom stereocenters. The number of H-pyrrole nitrogens is 1. The van der Waals surface area contributed by atoms with Crippen LogP contribution in [0.4, 0.5) is 5.69 Å². The van der Waals surface area contributed by atoms with E-state index in [1.54, 1.807) is 0 Å². The van der Waals surface area contributed by atoms with E-state index in [9.17, 15) is 0 Å². The molecule has 0 fully saturated rings. The Morgan fingerprint density at radius 1 is 1.11 bits per heavy atom. The Morgan fingerprint density at radius 2 is 2.00 bits per heavy atom. The lowest BCUT2D eigenvalue weighted by molar-refractivity contribution is 1.15. The number of aryl methyl sites for hydroxylation is 1. The van der Waals surface area contributed by atoms with Gasteiger partial charge in [0.1, 0.15) is 0 Å². The highest BCUT2D eigenvalue weighted by Crippen LogP contribution is 2.23. The van der Waals surface area contributed by atoms with Gasteiger partial charge in [0.15, 0.2) is 0 Å². The molecule has 0 aliphatic rings. The fourth-order valence-corrected chi connectivity index (χ4v) is 2.48. The van der Waals surface area contributed by atoms with Gasteiger partial charge in [-0.25, -0.2) is 0 Å². The second-order valence-electron chi connectivity index (χ2n) is 4.74. The standard InChI is InChI=1S/C16H15ClN2/c1-11-2-4-16(14(17)8-11)19-10-12-3-5-15-13(9-12)6-7-18-15/h2-9,18-19H,10H2,1H3. The molecule has 2 nitrogen and oxygen atoms in total. The zero-order chi connectivity index (χ0) is 13.2. The maximum absolute atomic E-state index is 6.21. The number of hydrogen-bond donors (Lipinski definition) is 2. The van der Waals surface area contributed by atoms with Gasteiger partial charge in [-0.15, -0.1) is 0 Å². The quantitative estimate of drug-likeness (QED) is 0.707. The Labute approximate surface area is 117 Å². The first-order valence-electron chi connectivity index (χ1n) is 6.28. The van der Waals surface area contributed by atoms with Crippen LogP contribution in [0.5, 0.6) is 0 Å². The highest BCUT2D eigenvalue weighted by atomic mass is 35.5. The Morgan fingerprint density at radius 3 is 2.84 bits per heavy atom. The second kappa shape index (κ2) is 4.98. The molecule has 0 bridgehead atoms. The summed E-state index contributed by atoms with van der Waals surface area (Å²) in [6.45, 7) is 2.80. The minimum atomic E-state index is 0.766. The average molecular weight is 271 g/mol. The Bertz CT molecular complexity index is 716. The van der Waals surface area contributed by atoms with Crippen molar-refractivity contribution in [2.45, 2.75) is 13.5 Å². The van der Waals surface area contributed by atoms with Crippen LogP contribution in [0.1, 0.15) is 11.1 Å². The van der Waals surface area contributed by atoms with Crippen LogP contribution < -0.4 is 5.32 Å². The summed E-state index contributed by atoms with van der Waals surface area (Å²) in [7, 11) is 0. The number of anilines is 1. The predicted molar refractivity (Wildman–Crippen MR) is 81.8 cm³/mol. The van der Waals surface area contributed by atoms with E-state index in [1.807, 2.05) is 25.3 Å². The van der Waals surface area contributed by atoms with Crippen molar-refractivity contribution in [1.82, 2.24) is 4.98 Å². The van der Waals surface area contributed by atoms with Gasteiger partial charge >= 0.3 is 0 Å². The Balaban J connectivity index is 1.77. The third-order valence-electron chi connectivity index (χ3n) is 3.23. The molecule has 0 spiro atoms. The van der Waals surface area contributed by atoms with Crippen LogP contribution >= 0.6 is 11.6 Å². The van der Waals surface area contributed by atoms with Gasteiger partial charge < -0.3 is 10.3 Å². The molecule has 0 radical (unpaired) electrons. The molecule has 3 heteroatoms.